The molecular weight excluding hydrogens is 434 g/mol. The number of benzene rings is 2. The van der Waals surface area contributed by atoms with E-state index in [-0.39, 0.29) is 12.0 Å². The van der Waals surface area contributed by atoms with Gasteiger partial charge in [0.15, 0.2) is 0 Å². The van der Waals surface area contributed by atoms with Crippen LogP contribution in [0.3, 0.4) is 0 Å². The molecule has 2 aromatic carbocycles. The van der Waals surface area contributed by atoms with Crippen molar-refractivity contribution >= 4 is 27.7 Å². The van der Waals surface area contributed by atoms with Crippen molar-refractivity contribution in [2.75, 3.05) is 18.5 Å². The number of ether oxygens (including phenoxy) is 2. The lowest BCUT2D eigenvalue weighted by molar-refractivity contribution is 0.0679. The Labute approximate surface area is 178 Å². The fourth-order valence-electron chi connectivity index (χ4n) is 3.25. The highest BCUT2D eigenvalue weighted by Gasteiger charge is 2.16. The van der Waals surface area contributed by atoms with Crippen LogP contribution in [-0.4, -0.2) is 35.0 Å². The number of amides is 1. The second-order valence-electron chi connectivity index (χ2n) is 6.99. The van der Waals surface area contributed by atoms with E-state index in [1.54, 1.807) is 28.9 Å². The molecule has 1 saturated heterocycles. The average molecular weight is 456 g/mol. The standard InChI is InChI=1S/C22H22BrN3O3/c1-15-12-21(26(25-15)18-5-2-4-17(23)13-18)24-22(27)16-7-9-19(10-8-16)29-14-20-6-3-11-28-20/h2,4-5,7-10,12-13,20H,3,6,11,14H2,1H3,(H,24,27). The van der Waals surface area contributed by atoms with Gasteiger partial charge in [-0.25, -0.2) is 4.68 Å². The molecule has 6 nitrogen and oxygen atoms in total. The normalized spacial score (nSPS) is 16.0. The molecule has 1 N–H and O–H groups in total. The Bertz CT molecular complexity index is 995. The summed E-state index contributed by atoms with van der Waals surface area (Å²) in [6.45, 7) is 3.24. The molecule has 0 saturated carbocycles. The summed E-state index contributed by atoms with van der Waals surface area (Å²) in [5.41, 5.74) is 2.23. The number of aryl methyl sites for hydroxylation is 1. The predicted octanol–water partition coefficient (Wildman–Crippen LogP) is 4.75. The summed E-state index contributed by atoms with van der Waals surface area (Å²) in [7, 11) is 0. The van der Waals surface area contributed by atoms with Gasteiger partial charge in [-0.3, -0.25) is 4.79 Å². The summed E-state index contributed by atoms with van der Waals surface area (Å²) in [4.78, 5) is 12.7. The van der Waals surface area contributed by atoms with E-state index in [0.29, 0.717) is 18.0 Å². The zero-order valence-corrected chi connectivity index (χ0v) is 17.7. The molecule has 29 heavy (non-hydrogen) atoms. The Hall–Kier alpha value is -2.64. The van der Waals surface area contributed by atoms with Crippen molar-refractivity contribution in [1.29, 1.82) is 0 Å². The van der Waals surface area contributed by atoms with Crippen LogP contribution in [0.2, 0.25) is 0 Å². The minimum absolute atomic E-state index is 0.166. The van der Waals surface area contributed by atoms with Crippen molar-refractivity contribution in [2.45, 2.75) is 25.9 Å². The lowest BCUT2D eigenvalue weighted by Gasteiger charge is -2.12. The van der Waals surface area contributed by atoms with Gasteiger partial charge in [0.1, 0.15) is 18.2 Å². The SMILES string of the molecule is Cc1cc(NC(=O)c2ccc(OCC3CCCO3)cc2)n(-c2cccc(Br)c2)n1. The van der Waals surface area contributed by atoms with Gasteiger partial charge in [-0.05, 0) is 62.2 Å². The molecule has 2 heterocycles. The summed E-state index contributed by atoms with van der Waals surface area (Å²) in [6.07, 6.45) is 2.29. The van der Waals surface area contributed by atoms with Crippen molar-refractivity contribution in [2.24, 2.45) is 0 Å². The van der Waals surface area contributed by atoms with Gasteiger partial charge >= 0.3 is 0 Å². The molecule has 1 fully saturated rings. The van der Waals surface area contributed by atoms with Crippen molar-refractivity contribution in [3.8, 4) is 11.4 Å². The van der Waals surface area contributed by atoms with Crippen molar-refractivity contribution < 1.29 is 14.3 Å². The smallest absolute Gasteiger partial charge is 0.256 e. The maximum atomic E-state index is 12.7. The van der Waals surface area contributed by atoms with E-state index >= 15 is 0 Å². The summed E-state index contributed by atoms with van der Waals surface area (Å²) in [5.74, 6) is 1.14. The number of rotatable bonds is 6. The Morgan fingerprint density at radius 1 is 1.28 bits per heavy atom. The summed E-state index contributed by atoms with van der Waals surface area (Å²) in [6, 6.07) is 16.7. The number of hydrogen-bond acceptors (Lipinski definition) is 4. The molecule has 0 spiro atoms. The van der Waals surface area contributed by atoms with Crippen molar-refractivity contribution in [3.63, 3.8) is 0 Å². The van der Waals surface area contributed by atoms with E-state index in [1.807, 2.05) is 37.3 Å². The summed E-state index contributed by atoms with van der Waals surface area (Å²) < 4.78 is 14.0. The lowest BCUT2D eigenvalue weighted by atomic mass is 10.2. The number of aromatic nitrogens is 2. The number of nitrogens with one attached hydrogen (secondary N) is 1. The Balaban J connectivity index is 1.44. The van der Waals surface area contributed by atoms with E-state index < -0.39 is 0 Å². The van der Waals surface area contributed by atoms with Crippen LogP contribution in [-0.2, 0) is 4.74 Å². The number of anilines is 1. The molecule has 1 amide bonds. The van der Waals surface area contributed by atoms with E-state index in [2.05, 4.69) is 26.3 Å². The summed E-state index contributed by atoms with van der Waals surface area (Å²) >= 11 is 3.47. The molecule has 1 aromatic heterocycles. The highest BCUT2D eigenvalue weighted by atomic mass is 79.9. The fraction of sp³-hybridized carbons (Fsp3) is 0.273. The third-order valence-corrected chi connectivity index (χ3v) is 5.20. The van der Waals surface area contributed by atoms with Crippen LogP contribution < -0.4 is 10.1 Å². The first-order valence-corrected chi connectivity index (χ1v) is 10.4. The molecule has 1 aliphatic heterocycles. The van der Waals surface area contributed by atoms with Crippen LogP contribution in [0.4, 0.5) is 5.82 Å². The number of carbonyl (C=O) groups excluding carboxylic acids is 1. The van der Waals surface area contributed by atoms with E-state index in [9.17, 15) is 4.79 Å². The molecule has 1 aliphatic rings. The van der Waals surface area contributed by atoms with Gasteiger partial charge in [0, 0.05) is 22.7 Å². The van der Waals surface area contributed by atoms with Crippen molar-refractivity contribution in [3.05, 3.63) is 70.3 Å². The monoisotopic (exact) mass is 455 g/mol. The first-order chi connectivity index (χ1) is 14.1. The molecule has 3 aromatic rings. The molecule has 0 radical (unpaired) electrons. The first-order valence-electron chi connectivity index (χ1n) is 9.57. The largest absolute Gasteiger partial charge is 0.491 e. The molecule has 0 bridgehead atoms. The second-order valence-corrected chi connectivity index (χ2v) is 7.90. The third kappa shape index (κ3) is 4.86. The lowest BCUT2D eigenvalue weighted by Crippen LogP contribution is -2.17. The molecule has 150 valence electrons. The van der Waals surface area contributed by atoms with Gasteiger partial charge in [-0.1, -0.05) is 22.0 Å². The van der Waals surface area contributed by atoms with Gasteiger partial charge in [0.25, 0.3) is 5.91 Å². The van der Waals surface area contributed by atoms with E-state index in [4.69, 9.17) is 9.47 Å². The van der Waals surface area contributed by atoms with Gasteiger partial charge < -0.3 is 14.8 Å². The molecular formula is C22H22BrN3O3. The van der Waals surface area contributed by atoms with Crippen LogP contribution in [0, 0.1) is 6.92 Å². The van der Waals surface area contributed by atoms with Crippen LogP contribution in [0.1, 0.15) is 28.9 Å². The first kappa shape index (κ1) is 19.7. The van der Waals surface area contributed by atoms with Gasteiger partial charge in [-0.2, -0.15) is 5.10 Å². The third-order valence-electron chi connectivity index (χ3n) is 4.70. The number of halogens is 1. The maximum Gasteiger partial charge on any atom is 0.256 e. The van der Waals surface area contributed by atoms with Gasteiger partial charge in [0.2, 0.25) is 0 Å². The number of nitrogens with zero attached hydrogens (tertiary/aromatic N) is 2. The fourth-order valence-corrected chi connectivity index (χ4v) is 3.64. The topological polar surface area (TPSA) is 65.4 Å². The quantitative estimate of drug-likeness (QED) is 0.582. The molecule has 7 heteroatoms. The summed E-state index contributed by atoms with van der Waals surface area (Å²) in [5, 5.41) is 7.44. The van der Waals surface area contributed by atoms with E-state index in [0.717, 1.165) is 41.1 Å². The molecule has 4 rings (SSSR count). The highest BCUT2D eigenvalue weighted by molar-refractivity contribution is 9.10. The van der Waals surface area contributed by atoms with Crippen LogP contribution >= 0.6 is 15.9 Å². The second kappa shape index (κ2) is 8.80. The maximum absolute atomic E-state index is 12.7. The van der Waals surface area contributed by atoms with Crippen LogP contribution in [0.5, 0.6) is 5.75 Å². The Kier molecular flexibility index (Phi) is 5.97. The van der Waals surface area contributed by atoms with Gasteiger partial charge in [0.05, 0.1) is 17.5 Å². The van der Waals surface area contributed by atoms with Gasteiger partial charge in [-0.15, -0.1) is 0 Å². The van der Waals surface area contributed by atoms with Crippen molar-refractivity contribution in [1.82, 2.24) is 9.78 Å². The van der Waals surface area contributed by atoms with E-state index in [1.165, 1.54) is 0 Å². The molecule has 0 aliphatic carbocycles. The molecule has 1 unspecified atom stereocenters. The Morgan fingerprint density at radius 3 is 2.83 bits per heavy atom. The predicted molar refractivity (Wildman–Crippen MR) is 115 cm³/mol. The number of hydrogen-bond donors (Lipinski definition) is 1. The minimum Gasteiger partial charge on any atom is -0.491 e. The highest BCUT2D eigenvalue weighted by Crippen LogP contribution is 2.22. The number of carbonyl (C=O) groups is 1. The van der Waals surface area contributed by atoms with Crippen LogP contribution in [0.15, 0.2) is 59.1 Å². The zero-order chi connectivity index (χ0) is 20.2. The van der Waals surface area contributed by atoms with Crippen LogP contribution in [0.25, 0.3) is 5.69 Å². The Morgan fingerprint density at radius 2 is 2.10 bits per heavy atom. The average Bonchev–Trinajstić information content (AvgIpc) is 3.36. The molecule has 1 atom stereocenters. The zero-order valence-electron chi connectivity index (χ0n) is 16.1. The minimum atomic E-state index is -0.202.